The highest BCUT2D eigenvalue weighted by Crippen LogP contribution is 2.49. The Kier molecular flexibility index (Phi) is 10.7. The fourth-order valence-electron chi connectivity index (χ4n) is 2.19. The predicted molar refractivity (Wildman–Crippen MR) is 99.7 cm³/mol. The number of hydrogen-bond donors (Lipinski definition) is 2. The molecule has 0 aromatic heterocycles. The van der Waals surface area contributed by atoms with E-state index in [0.29, 0.717) is 31.9 Å². The van der Waals surface area contributed by atoms with E-state index >= 15 is 0 Å². The molecule has 1 aromatic carbocycles. The van der Waals surface area contributed by atoms with E-state index in [1.54, 1.807) is 33.5 Å². The molecule has 9 nitrogen and oxygen atoms in total. The molecule has 1 unspecified atom stereocenters. The number of aliphatic hydroxyl groups excluding tert-OH is 1. The molecular weight excluding hydrogens is 364 g/mol. The van der Waals surface area contributed by atoms with Gasteiger partial charge in [0.05, 0.1) is 49.8 Å². The maximum atomic E-state index is 10.6. The second-order valence-electron chi connectivity index (χ2n) is 5.40. The van der Waals surface area contributed by atoms with Crippen molar-refractivity contribution in [3.8, 4) is 0 Å². The van der Waals surface area contributed by atoms with Crippen molar-refractivity contribution in [2.75, 3.05) is 46.8 Å². The third kappa shape index (κ3) is 7.96. The number of hydrogen-bond acceptors (Lipinski definition) is 8. The number of benzene rings is 1. The number of rotatable bonds is 14. The number of nitro benzene ring substituents is 1. The third-order valence-electron chi connectivity index (χ3n) is 3.61. The van der Waals surface area contributed by atoms with Crippen LogP contribution in [0.4, 0.5) is 5.69 Å². The lowest BCUT2D eigenvalue weighted by atomic mass is 10.2. The molecule has 0 fully saturated rings. The maximum absolute atomic E-state index is 10.6. The molecule has 1 rings (SSSR count). The van der Waals surface area contributed by atoms with E-state index in [9.17, 15) is 15.2 Å². The van der Waals surface area contributed by atoms with Gasteiger partial charge < -0.3 is 15.2 Å². The molecule has 0 bridgehead atoms. The molecule has 10 heteroatoms. The van der Waals surface area contributed by atoms with E-state index in [4.69, 9.17) is 17.3 Å². The SMILES string of the molecule is COS(CCCOCC(O)CNCc1ccc([N+](=O)[O-])cc1)(OC)OC. The average molecular weight is 392 g/mol. The maximum Gasteiger partial charge on any atom is 0.269 e. The number of nitro groups is 1. The summed E-state index contributed by atoms with van der Waals surface area (Å²) >= 11 is 0. The molecule has 0 saturated carbocycles. The predicted octanol–water partition coefficient (Wildman–Crippen LogP) is 1.94. The van der Waals surface area contributed by atoms with Crippen LogP contribution < -0.4 is 5.32 Å². The Morgan fingerprint density at radius 2 is 1.81 bits per heavy atom. The molecule has 0 saturated heterocycles. The number of ether oxygens (including phenoxy) is 1. The van der Waals surface area contributed by atoms with Crippen LogP contribution in [0.3, 0.4) is 0 Å². The fourth-order valence-corrected chi connectivity index (χ4v) is 3.57. The van der Waals surface area contributed by atoms with Crippen LogP contribution in [0.25, 0.3) is 0 Å². The topological polar surface area (TPSA) is 112 Å². The molecule has 0 heterocycles. The number of non-ortho nitro benzene ring substituents is 1. The van der Waals surface area contributed by atoms with Gasteiger partial charge in [0.2, 0.25) is 0 Å². The lowest BCUT2D eigenvalue weighted by Crippen LogP contribution is -2.30. The van der Waals surface area contributed by atoms with E-state index in [2.05, 4.69) is 5.32 Å². The summed E-state index contributed by atoms with van der Waals surface area (Å²) in [5.74, 6) is 0.588. The first-order valence-electron chi connectivity index (χ1n) is 8.14. The lowest BCUT2D eigenvalue weighted by molar-refractivity contribution is -0.384. The van der Waals surface area contributed by atoms with Gasteiger partial charge in [0.15, 0.2) is 0 Å². The minimum absolute atomic E-state index is 0.0588. The van der Waals surface area contributed by atoms with Gasteiger partial charge in [0.25, 0.3) is 5.69 Å². The Morgan fingerprint density at radius 3 is 2.35 bits per heavy atom. The zero-order valence-corrected chi connectivity index (χ0v) is 16.2. The van der Waals surface area contributed by atoms with Gasteiger partial charge in [-0.2, -0.15) is 0 Å². The highest BCUT2D eigenvalue weighted by atomic mass is 32.3. The quantitative estimate of drug-likeness (QED) is 0.281. The van der Waals surface area contributed by atoms with Crippen molar-refractivity contribution in [2.24, 2.45) is 0 Å². The van der Waals surface area contributed by atoms with Crippen LogP contribution >= 0.6 is 10.9 Å². The normalized spacial score (nSPS) is 13.5. The van der Waals surface area contributed by atoms with Crippen LogP contribution in [0.15, 0.2) is 24.3 Å². The van der Waals surface area contributed by atoms with Crippen LogP contribution in [0.2, 0.25) is 0 Å². The van der Waals surface area contributed by atoms with Crippen LogP contribution in [0, 0.1) is 10.1 Å². The van der Waals surface area contributed by atoms with E-state index in [1.807, 2.05) is 0 Å². The fraction of sp³-hybridized carbons (Fsp3) is 0.625. The molecule has 0 spiro atoms. The monoisotopic (exact) mass is 392 g/mol. The first-order chi connectivity index (χ1) is 12.5. The smallest absolute Gasteiger partial charge is 0.269 e. The van der Waals surface area contributed by atoms with Crippen LogP contribution in [-0.4, -0.2) is 63.0 Å². The number of nitrogens with zero attached hydrogens (tertiary/aromatic N) is 1. The minimum atomic E-state index is -1.96. The minimum Gasteiger partial charge on any atom is -0.389 e. The molecule has 1 atom stereocenters. The summed E-state index contributed by atoms with van der Waals surface area (Å²) in [7, 11) is 2.67. The molecule has 26 heavy (non-hydrogen) atoms. The molecule has 0 aliphatic heterocycles. The Bertz CT molecular complexity index is 518. The van der Waals surface area contributed by atoms with Crippen molar-refractivity contribution in [1.82, 2.24) is 5.32 Å². The van der Waals surface area contributed by atoms with Gasteiger partial charge in [-0.1, -0.05) is 12.1 Å². The summed E-state index contributed by atoms with van der Waals surface area (Å²) in [5.41, 5.74) is 0.963. The Hall–Kier alpha value is -1.27. The second-order valence-corrected chi connectivity index (χ2v) is 7.92. The van der Waals surface area contributed by atoms with Gasteiger partial charge >= 0.3 is 0 Å². The average Bonchev–Trinajstić information content (AvgIpc) is 2.65. The van der Waals surface area contributed by atoms with Crippen LogP contribution in [0.5, 0.6) is 0 Å². The van der Waals surface area contributed by atoms with Crippen LogP contribution in [-0.2, 0) is 23.8 Å². The zero-order chi connectivity index (χ0) is 19.4. The van der Waals surface area contributed by atoms with Crippen LogP contribution in [0.1, 0.15) is 12.0 Å². The van der Waals surface area contributed by atoms with Crippen molar-refractivity contribution >= 4 is 16.6 Å². The Balaban J connectivity index is 2.15. The van der Waals surface area contributed by atoms with E-state index in [0.717, 1.165) is 5.56 Å². The van der Waals surface area contributed by atoms with Gasteiger partial charge in [-0.05, 0) is 12.0 Å². The van der Waals surface area contributed by atoms with Gasteiger partial charge in [-0.3, -0.25) is 22.7 Å². The van der Waals surface area contributed by atoms with Crippen molar-refractivity contribution in [3.05, 3.63) is 39.9 Å². The summed E-state index contributed by atoms with van der Waals surface area (Å²) in [4.78, 5) is 10.2. The summed E-state index contributed by atoms with van der Waals surface area (Å²) in [6.45, 7) is 1.55. The van der Waals surface area contributed by atoms with Crippen molar-refractivity contribution in [3.63, 3.8) is 0 Å². The van der Waals surface area contributed by atoms with E-state index in [1.165, 1.54) is 12.1 Å². The van der Waals surface area contributed by atoms with Gasteiger partial charge in [0.1, 0.15) is 0 Å². The standard InChI is InChI=1S/C16H28N2O7S/c1-22-26(23-2,24-3)10-4-9-25-13-16(19)12-17-11-14-5-7-15(8-6-14)18(20)21/h5-8,16-17,19H,4,9-13H2,1-3H3. The van der Waals surface area contributed by atoms with Crippen molar-refractivity contribution in [1.29, 1.82) is 0 Å². The zero-order valence-electron chi connectivity index (χ0n) is 15.4. The van der Waals surface area contributed by atoms with Crippen molar-refractivity contribution in [2.45, 2.75) is 19.1 Å². The molecule has 0 aliphatic rings. The molecule has 0 radical (unpaired) electrons. The van der Waals surface area contributed by atoms with Gasteiger partial charge in [-0.25, -0.2) is 0 Å². The number of nitrogens with one attached hydrogen (secondary N) is 1. The highest BCUT2D eigenvalue weighted by molar-refractivity contribution is 8.21. The lowest BCUT2D eigenvalue weighted by Gasteiger charge is -2.33. The summed E-state index contributed by atoms with van der Waals surface area (Å²) in [5, 5.41) is 23.6. The molecule has 1 aromatic rings. The Labute approximate surface area is 155 Å². The summed E-state index contributed by atoms with van der Waals surface area (Å²) < 4.78 is 21.2. The number of aliphatic hydroxyl groups is 1. The van der Waals surface area contributed by atoms with Gasteiger partial charge in [-0.15, -0.1) is 0 Å². The first-order valence-corrected chi connectivity index (χ1v) is 9.71. The van der Waals surface area contributed by atoms with Crippen molar-refractivity contribution < 1.29 is 27.3 Å². The molecule has 150 valence electrons. The highest BCUT2D eigenvalue weighted by Gasteiger charge is 2.22. The summed E-state index contributed by atoms with van der Waals surface area (Å²) in [6.07, 6.45) is 0.0470. The Morgan fingerprint density at radius 1 is 1.19 bits per heavy atom. The molecule has 0 amide bonds. The largest absolute Gasteiger partial charge is 0.389 e. The molecular formula is C16H28N2O7S. The summed E-state index contributed by atoms with van der Waals surface area (Å²) in [6, 6.07) is 6.28. The second kappa shape index (κ2) is 12.2. The molecule has 2 N–H and O–H groups in total. The first kappa shape index (κ1) is 22.8. The van der Waals surface area contributed by atoms with Gasteiger partial charge in [0, 0.05) is 37.6 Å². The van der Waals surface area contributed by atoms with E-state index in [-0.39, 0.29) is 12.3 Å². The molecule has 0 aliphatic carbocycles. The van der Waals surface area contributed by atoms with E-state index < -0.39 is 21.9 Å². The third-order valence-corrected chi connectivity index (χ3v) is 5.92.